The average Bonchev–Trinajstić information content (AvgIpc) is 2.44. The van der Waals surface area contributed by atoms with E-state index in [4.69, 9.17) is 4.74 Å². The van der Waals surface area contributed by atoms with Crippen LogP contribution in [-0.2, 0) is 9.53 Å². The number of nitrogens with one attached hydrogen (secondary N) is 1. The summed E-state index contributed by atoms with van der Waals surface area (Å²) in [5.41, 5.74) is 0. The number of nitrogens with zero attached hydrogens (tertiary/aromatic N) is 1. The molecule has 1 fully saturated rings. The van der Waals surface area contributed by atoms with Gasteiger partial charge in [0, 0.05) is 25.7 Å². The van der Waals surface area contributed by atoms with Gasteiger partial charge >= 0.3 is 0 Å². The molecule has 0 atom stereocenters. The fourth-order valence-corrected chi connectivity index (χ4v) is 2.74. The molecule has 19 heavy (non-hydrogen) atoms. The number of hydrogen-bond donors (Lipinski definition) is 1. The van der Waals surface area contributed by atoms with E-state index in [2.05, 4.69) is 19.2 Å². The Morgan fingerprint density at radius 1 is 1.21 bits per heavy atom. The minimum atomic E-state index is 0.225. The van der Waals surface area contributed by atoms with E-state index in [-0.39, 0.29) is 5.91 Å². The first-order valence-electron chi connectivity index (χ1n) is 7.75. The predicted octanol–water partition coefficient (Wildman–Crippen LogP) is 2.18. The maximum atomic E-state index is 12.0. The van der Waals surface area contributed by atoms with Gasteiger partial charge in [0.25, 0.3) is 0 Å². The predicted molar refractivity (Wildman–Crippen MR) is 78.2 cm³/mol. The van der Waals surface area contributed by atoms with Crippen LogP contribution < -0.4 is 5.32 Å². The number of amides is 1. The Balaban J connectivity index is 2.22. The summed E-state index contributed by atoms with van der Waals surface area (Å²) in [6.07, 6.45) is 6.14. The highest BCUT2D eigenvalue weighted by Gasteiger charge is 2.25. The molecule has 0 spiro atoms. The summed E-state index contributed by atoms with van der Waals surface area (Å²) in [6, 6.07) is 1.08. The van der Waals surface area contributed by atoms with E-state index in [1.807, 2.05) is 11.9 Å². The molecule has 0 aromatic carbocycles. The second kappa shape index (κ2) is 9.32. The van der Waals surface area contributed by atoms with Gasteiger partial charge in [0.05, 0.1) is 13.0 Å². The van der Waals surface area contributed by atoms with E-state index < -0.39 is 0 Å². The molecule has 112 valence electrons. The molecule has 0 aromatic rings. The Morgan fingerprint density at radius 3 is 2.47 bits per heavy atom. The molecule has 1 aliphatic rings. The largest absolute Gasteiger partial charge is 0.381 e. The third kappa shape index (κ3) is 5.91. The molecule has 1 N–H and O–H groups in total. The fourth-order valence-electron chi connectivity index (χ4n) is 2.74. The normalized spacial score (nSPS) is 23.3. The molecule has 0 bridgehead atoms. The smallest absolute Gasteiger partial charge is 0.224 e. The molecule has 0 aromatic heterocycles. The van der Waals surface area contributed by atoms with Crippen molar-refractivity contribution in [1.82, 2.24) is 10.2 Å². The number of ether oxygens (including phenoxy) is 1. The van der Waals surface area contributed by atoms with Crippen LogP contribution in [0.15, 0.2) is 0 Å². The summed E-state index contributed by atoms with van der Waals surface area (Å²) in [6.45, 7) is 6.59. The van der Waals surface area contributed by atoms with E-state index in [0.717, 1.165) is 32.4 Å². The minimum Gasteiger partial charge on any atom is -0.381 e. The van der Waals surface area contributed by atoms with Crippen molar-refractivity contribution in [3.05, 3.63) is 0 Å². The van der Waals surface area contributed by atoms with E-state index in [1.54, 1.807) is 0 Å². The molecule has 4 nitrogen and oxygen atoms in total. The quantitative estimate of drug-likeness (QED) is 0.687. The number of rotatable bonds is 8. The van der Waals surface area contributed by atoms with Gasteiger partial charge in [0.1, 0.15) is 0 Å². The average molecular weight is 270 g/mol. The Morgan fingerprint density at radius 2 is 1.89 bits per heavy atom. The molecular formula is C15H30N2O2. The van der Waals surface area contributed by atoms with Gasteiger partial charge < -0.3 is 15.0 Å². The first-order valence-corrected chi connectivity index (χ1v) is 7.75. The molecule has 1 saturated carbocycles. The lowest BCUT2D eigenvalue weighted by atomic mass is 9.90. The van der Waals surface area contributed by atoms with E-state index in [9.17, 15) is 4.79 Å². The Labute approximate surface area is 117 Å². The zero-order valence-corrected chi connectivity index (χ0v) is 12.8. The maximum Gasteiger partial charge on any atom is 0.224 e. The van der Waals surface area contributed by atoms with Crippen molar-refractivity contribution in [2.45, 2.75) is 64.5 Å². The molecule has 1 rings (SSSR count). The van der Waals surface area contributed by atoms with E-state index >= 15 is 0 Å². The van der Waals surface area contributed by atoms with Gasteiger partial charge in [0.15, 0.2) is 0 Å². The summed E-state index contributed by atoms with van der Waals surface area (Å²) in [5.74, 6) is 0.225. The molecule has 0 heterocycles. The van der Waals surface area contributed by atoms with Crippen LogP contribution in [0.5, 0.6) is 0 Å². The van der Waals surface area contributed by atoms with Crippen molar-refractivity contribution >= 4 is 5.91 Å². The van der Waals surface area contributed by atoms with Crippen molar-refractivity contribution < 1.29 is 9.53 Å². The zero-order chi connectivity index (χ0) is 14.1. The number of carbonyl (C=O) groups excluding carboxylic acids is 1. The van der Waals surface area contributed by atoms with E-state index in [0.29, 0.717) is 25.1 Å². The van der Waals surface area contributed by atoms with Crippen molar-refractivity contribution in [1.29, 1.82) is 0 Å². The van der Waals surface area contributed by atoms with Crippen LogP contribution in [0.4, 0.5) is 0 Å². The molecule has 4 heteroatoms. The van der Waals surface area contributed by atoms with Gasteiger partial charge in [-0.3, -0.25) is 4.79 Å². The highest BCUT2D eigenvalue weighted by atomic mass is 16.5. The van der Waals surface area contributed by atoms with Gasteiger partial charge in [0.2, 0.25) is 5.91 Å². The lowest BCUT2D eigenvalue weighted by molar-refractivity contribution is -0.133. The summed E-state index contributed by atoms with van der Waals surface area (Å²) in [5, 5.41) is 3.50. The van der Waals surface area contributed by atoms with Crippen LogP contribution in [0, 0.1) is 0 Å². The molecule has 0 aliphatic heterocycles. The van der Waals surface area contributed by atoms with Crippen LogP contribution in [0.2, 0.25) is 0 Å². The second-order valence-corrected chi connectivity index (χ2v) is 5.43. The molecule has 0 radical (unpaired) electrons. The Hall–Kier alpha value is -0.610. The Kier molecular flexibility index (Phi) is 8.07. The maximum absolute atomic E-state index is 12.0. The van der Waals surface area contributed by atoms with Gasteiger partial charge in [-0.05, 0) is 38.6 Å². The van der Waals surface area contributed by atoms with Crippen LogP contribution in [-0.4, -0.2) is 49.7 Å². The lowest BCUT2D eigenvalue weighted by Crippen LogP contribution is -2.43. The van der Waals surface area contributed by atoms with Crippen molar-refractivity contribution in [2.75, 3.05) is 26.8 Å². The standard InChI is InChI=1S/C15H30N2O2/c1-4-11-19-12-10-15(18)17(3)14-8-6-13(7-9-14)16-5-2/h13-14,16H,4-12H2,1-3H3. The first-order chi connectivity index (χ1) is 9.19. The van der Waals surface area contributed by atoms with Gasteiger partial charge in [-0.25, -0.2) is 0 Å². The van der Waals surface area contributed by atoms with Crippen LogP contribution in [0.25, 0.3) is 0 Å². The van der Waals surface area contributed by atoms with Crippen LogP contribution >= 0.6 is 0 Å². The zero-order valence-electron chi connectivity index (χ0n) is 12.8. The molecule has 0 saturated heterocycles. The highest BCUT2D eigenvalue weighted by Crippen LogP contribution is 2.22. The van der Waals surface area contributed by atoms with Gasteiger partial charge in [-0.15, -0.1) is 0 Å². The lowest BCUT2D eigenvalue weighted by Gasteiger charge is -2.35. The van der Waals surface area contributed by atoms with Crippen LogP contribution in [0.3, 0.4) is 0 Å². The monoisotopic (exact) mass is 270 g/mol. The molecular weight excluding hydrogens is 240 g/mol. The van der Waals surface area contributed by atoms with Crippen molar-refractivity contribution in [3.63, 3.8) is 0 Å². The summed E-state index contributed by atoms with van der Waals surface area (Å²) in [7, 11) is 1.94. The van der Waals surface area contributed by atoms with Gasteiger partial charge in [-0.1, -0.05) is 13.8 Å². The van der Waals surface area contributed by atoms with Crippen LogP contribution in [0.1, 0.15) is 52.4 Å². The number of carbonyl (C=O) groups is 1. The highest BCUT2D eigenvalue weighted by molar-refractivity contribution is 5.76. The van der Waals surface area contributed by atoms with E-state index in [1.165, 1.54) is 12.8 Å². The summed E-state index contributed by atoms with van der Waals surface area (Å²) in [4.78, 5) is 14.0. The second-order valence-electron chi connectivity index (χ2n) is 5.43. The minimum absolute atomic E-state index is 0.225. The SMILES string of the molecule is CCCOCCC(=O)N(C)C1CCC(NCC)CC1. The van der Waals surface area contributed by atoms with Crippen molar-refractivity contribution in [3.8, 4) is 0 Å². The summed E-state index contributed by atoms with van der Waals surface area (Å²) >= 11 is 0. The third-order valence-corrected chi connectivity index (χ3v) is 3.94. The first kappa shape index (κ1) is 16.4. The molecule has 1 aliphatic carbocycles. The molecule has 0 unspecified atom stereocenters. The number of hydrogen-bond acceptors (Lipinski definition) is 3. The third-order valence-electron chi connectivity index (χ3n) is 3.94. The molecule has 1 amide bonds. The summed E-state index contributed by atoms with van der Waals surface area (Å²) < 4.78 is 5.38. The fraction of sp³-hybridized carbons (Fsp3) is 0.933. The topological polar surface area (TPSA) is 41.6 Å². The van der Waals surface area contributed by atoms with Crippen molar-refractivity contribution in [2.24, 2.45) is 0 Å². The van der Waals surface area contributed by atoms with Gasteiger partial charge in [-0.2, -0.15) is 0 Å². The Bertz CT molecular complexity index is 251.